The second-order valence-electron chi connectivity index (χ2n) is 6.77. The highest BCUT2D eigenvalue weighted by molar-refractivity contribution is 5.86. The summed E-state index contributed by atoms with van der Waals surface area (Å²) in [4.78, 5) is 31.6. The number of carbonyl (C=O) groups excluding carboxylic acids is 1. The minimum absolute atomic E-state index is 0.105. The van der Waals surface area contributed by atoms with Crippen LogP contribution in [-0.4, -0.2) is 50.7 Å². The van der Waals surface area contributed by atoms with Gasteiger partial charge in [-0.3, -0.25) is 19.7 Å². The molecule has 1 saturated heterocycles. The summed E-state index contributed by atoms with van der Waals surface area (Å²) in [5.74, 6) is -0.721. The van der Waals surface area contributed by atoms with Crippen LogP contribution in [0.25, 0.3) is 11.3 Å². The molecule has 12 heteroatoms. The number of rotatable bonds is 4. The van der Waals surface area contributed by atoms with Gasteiger partial charge in [0.25, 0.3) is 0 Å². The fourth-order valence-electron chi connectivity index (χ4n) is 3.16. The van der Waals surface area contributed by atoms with Crippen LogP contribution in [0.4, 0.5) is 22.4 Å². The lowest BCUT2D eigenvalue weighted by atomic mass is 10.1. The summed E-state index contributed by atoms with van der Waals surface area (Å²) in [7, 11) is 0. The van der Waals surface area contributed by atoms with Crippen molar-refractivity contribution in [2.75, 3.05) is 6.54 Å². The Morgan fingerprint density at radius 1 is 1.29 bits per heavy atom. The number of nitrogens with zero attached hydrogens (tertiary/aromatic N) is 4. The number of hydrogen-bond acceptors (Lipinski definition) is 5. The van der Waals surface area contributed by atoms with Crippen molar-refractivity contribution in [3.05, 3.63) is 47.4 Å². The van der Waals surface area contributed by atoms with Gasteiger partial charge in [0, 0.05) is 30.9 Å². The molecule has 162 valence electrons. The van der Waals surface area contributed by atoms with Crippen LogP contribution in [0.1, 0.15) is 23.2 Å². The van der Waals surface area contributed by atoms with Gasteiger partial charge in [0.05, 0.1) is 17.8 Å². The normalized spacial score (nSPS) is 18.5. The number of halogens is 4. The lowest BCUT2D eigenvalue weighted by molar-refractivity contribution is -0.141. The van der Waals surface area contributed by atoms with Gasteiger partial charge < -0.3 is 10.4 Å². The Hall–Kier alpha value is -3.75. The molecule has 3 rings (SSSR count). The smallest absolute Gasteiger partial charge is 0.433 e. The standard InChI is InChI=1S/C19H15F4N5O3/c20-13-4-15(28(9-13)18(30)31)17(29)27-7-11-3-14(25-8-12(11)5-24)10-1-2-16(26-6-10)19(21,22)23/h1-3,6,8,13,15H,4,7,9H2,(H,27,29)(H,30,31)/t13-,15+/m1/s1. The maximum atomic E-state index is 13.6. The van der Waals surface area contributed by atoms with E-state index in [1.165, 1.54) is 18.3 Å². The van der Waals surface area contributed by atoms with E-state index in [0.29, 0.717) is 10.5 Å². The van der Waals surface area contributed by atoms with E-state index >= 15 is 0 Å². The molecule has 1 aliphatic rings. The zero-order chi connectivity index (χ0) is 22.8. The van der Waals surface area contributed by atoms with Gasteiger partial charge in [0.2, 0.25) is 5.91 Å². The predicted molar refractivity (Wildman–Crippen MR) is 97.1 cm³/mol. The first-order valence-electron chi connectivity index (χ1n) is 8.94. The minimum Gasteiger partial charge on any atom is -0.465 e. The Morgan fingerprint density at radius 3 is 2.61 bits per heavy atom. The maximum Gasteiger partial charge on any atom is 0.433 e. The number of nitriles is 1. The Morgan fingerprint density at radius 2 is 2.03 bits per heavy atom. The van der Waals surface area contributed by atoms with Crippen LogP contribution in [0.15, 0.2) is 30.6 Å². The maximum absolute atomic E-state index is 13.6. The van der Waals surface area contributed by atoms with Crippen molar-refractivity contribution in [1.29, 1.82) is 5.26 Å². The SMILES string of the molecule is N#Cc1cnc(-c2ccc(C(F)(F)F)nc2)cc1CNC(=O)[C@@H]1C[C@@H](F)CN1C(=O)O. The van der Waals surface area contributed by atoms with Gasteiger partial charge in [-0.1, -0.05) is 0 Å². The minimum atomic E-state index is -4.59. The monoisotopic (exact) mass is 437 g/mol. The summed E-state index contributed by atoms with van der Waals surface area (Å²) in [6, 6.07) is 4.07. The fraction of sp³-hybridized carbons (Fsp3) is 0.316. The molecule has 2 atom stereocenters. The molecule has 0 unspecified atom stereocenters. The third-order valence-electron chi connectivity index (χ3n) is 4.71. The molecule has 2 N–H and O–H groups in total. The number of carbonyl (C=O) groups is 2. The van der Waals surface area contributed by atoms with Gasteiger partial charge in [-0.25, -0.2) is 9.18 Å². The summed E-state index contributed by atoms with van der Waals surface area (Å²) >= 11 is 0. The zero-order valence-electron chi connectivity index (χ0n) is 15.7. The Bertz CT molecular complexity index is 1040. The average molecular weight is 437 g/mol. The summed E-state index contributed by atoms with van der Waals surface area (Å²) in [6.45, 7) is -0.594. The number of alkyl halides is 4. The van der Waals surface area contributed by atoms with E-state index in [1.54, 1.807) is 0 Å². The van der Waals surface area contributed by atoms with Crippen LogP contribution in [-0.2, 0) is 17.5 Å². The van der Waals surface area contributed by atoms with Crippen molar-refractivity contribution in [3.63, 3.8) is 0 Å². The zero-order valence-corrected chi connectivity index (χ0v) is 15.7. The molecule has 0 aromatic carbocycles. The molecule has 0 radical (unpaired) electrons. The van der Waals surface area contributed by atoms with E-state index in [-0.39, 0.29) is 29.8 Å². The Kier molecular flexibility index (Phi) is 6.05. The highest BCUT2D eigenvalue weighted by Gasteiger charge is 2.39. The fourth-order valence-corrected chi connectivity index (χ4v) is 3.16. The van der Waals surface area contributed by atoms with Crippen molar-refractivity contribution in [2.24, 2.45) is 0 Å². The van der Waals surface area contributed by atoms with E-state index in [4.69, 9.17) is 5.11 Å². The van der Waals surface area contributed by atoms with Crippen LogP contribution in [0.3, 0.4) is 0 Å². The third kappa shape index (κ3) is 4.88. The summed E-state index contributed by atoms with van der Waals surface area (Å²) < 4.78 is 51.6. The van der Waals surface area contributed by atoms with Gasteiger partial charge >= 0.3 is 12.3 Å². The van der Waals surface area contributed by atoms with Gasteiger partial charge in [0.1, 0.15) is 24.0 Å². The topological polar surface area (TPSA) is 119 Å². The molecule has 0 spiro atoms. The number of carboxylic acid groups (broad SMARTS) is 1. The number of pyridine rings is 2. The lowest BCUT2D eigenvalue weighted by Crippen LogP contribution is -2.45. The molecule has 1 fully saturated rings. The van der Waals surface area contributed by atoms with Crippen molar-refractivity contribution in [2.45, 2.75) is 31.4 Å². The van der Waals surface area contributed by atoms with E-state index in [0.717, 1.165) is 12.3 Å². The summed E-state index contributed by atoms with van der Waals surface area (Å²) in [5.41, 5.74) is -0.172. The van der Waals surface area contributed by atoms with Crippen molar-refractivity contribution < 1.29 is 32.3 Å². The number of nitrogens with one attached hydrogen (secondary N) is 1. The van der Waals surface area contributed by atoms with Crippen LogP contribution in [0, 0.1) is 11.3 Å². The summed E-state index contributed by atoms with van der Waals surface area (Å²) in [6.07, 6.45) is -5.55. The molecule has 1 aliphatic heterocycles. The second kappa shape index (κ2) is 8.55. The molecule has 2 amide bonds. The van der Waals surface area contributed by atoms with Gasteiger partial charge in [-0.2, -0.15) is 18.4 Å². The first-order valence-corrected chi connectivity index (χ1v) is 8.94. The highest BCUT2D eigenvalue weighted by Crippen LogP contribution is 2.29. The average Bonchev–Trinajstić information content (AvgIpc) is 3.13. The second-order valence-corrected chi connectivity index (χ2v) is 6.77. The largest absolute Gasteiger partial charge is 0.465 e. The molecule has 8 nitrogen and oxygen atoms in total. The molecule has 0 bridgehead atoms. The number of amides is 2. The first-order chi connectivity index (χ1) is 14.6. The van der Waals surface area contributed by atoms with Crippen molar-refractivity contribution in [3.8, 4) is 17.3 Å². The van der Waals surface area contributed by atoms with E-state index in [2.05, 4.69) is 15.3 Å². The van der Waals surface area contributed by atoms with Crippen LogP contribution in [0.2, 0.25) is 0 Å². The Balaban J connectivity index is 1.78. The first kappa shape index (κ1) is 21.9. The highest BCUT2D eigenvalue weighted by atomic mass is 19.4. The molecular formula is C19H15F4N5O3. The van der Waals surface area contributed by atoms with Crippen LogP contribution >= 0.6 is 0 Å². The molecule has 31 heavy (non-hydrogen) atoms. The Labute approximate surface area is 173 Å². The number of aromatic nitrogens is 2. The summed E-state index contributed by atoms with van der Waals surface area (Å²) in [5, 5.41) is 20.8. The van der Waals surface area contributed by atoms with E-state index < -0.39 is 42.6 Å². The lowest BCUT2D eigenvalue weighted by Gasteiger charge is -2.20. The van der Waals surface area contributed by atoms with E-state index in [1.807, 2.05) is 6.07 Å². The van der Waals surface area contributed by atoms with Crippen molar-refractivity contribution in [1.82, 2.24) is 20.2 Å². The molecular weight excluding hydrogens is 422 g/mol. The van der Waals surface area contributed by atoms with Crippen molar-refractivity contribution >= 4 is 12.0 Å². The quantitative estimate of drug-likeness (QED) is 0.710. The molecule has 2 aromatic heterocycles. The number of hydrogen-bond donors (Lipinski definition) is 2. The predicted octanol–water partition coefficient (Wildman–Crippen LogP) is 2.74. The molecule has 2 aromatic rings. The van der Waals surface area contributed by atoms with E-state index in [9.17, 15) is 32.4 Å². The van der Waals surface area contributed by atoms with Gasteiger partial charge in [0.15, 0.2) is 0 Å². The van der Waals surface area contributed by atoms with Gasteiger partial charge in [-0.15, -0.1) is 0 Å². The molecule has 0 saturated carbocycles. The van der Waals surface area contributed by atoms with Crippen LogP contribution in [0.5, 0.6) is 0 Å². The molecule has 3 heterocycles. The third-order valence-corrected chi connectivity index (χ3v) is 4.71. The molecule has 0 aliphatic carbocycles. The van der Waals surface area contributed by atoms with Gasteiger partial charge in [-0.05, 0) is 23.8 Å². The van der Waals surface area contributed by atoms with Crippen LogP contribution < -0.4 is 5.32 Å². The number of likely N-dealkylation sites (tertiary alicyclic amines) is 1.